The molecule has 1 heterocycles. The van der Waals surface area contributed by atoms with Crippen LogP contribution in [-0.4, -0.2) is 42.0 Å². The van der Waals surface area contributed by atoms with E-state index in [4.69, 9.17) is 26.4 Å². The maximum atomic E-state index is 12.4. The topological polar surface area (TPSA) is 48.0 Å². The smallest absolute Gasteiger partial charge is 0.266 e. The Kier molecular flexibility index (Phi) is 7.55. The first-order chi connectivity index (χ1) is 14.1. The van der Waals surface area contributed by atoms with E-state index >= 15 is 0 Å². The number of methoxy groups -OCH3 is 1. The van der Waals surface area contributed by atoms with Crippen molar-refractivity contribution in [2.45, 2.75) is 13.3 Å². The standard InChI is InChI=1S/C22H23NO4S2/c1-3-23-21(24)20(29-22(23)28)15-16-7-4-5-8-19(16)27-14-6-13-26-18-11-9-17(25-2)10-12-18/h4-5,7-12,15H,3,6,13-14H2,1-2H3. The molecule has 0 unspecified atom stereocenters. The first kappa shape index (κ1) is 21.2. The van der Waals surface area contributed by atoms with E-state index in [2.05, 4.69) is 0 Å². The lowest BCUT2D eigenvalue weighted by Gasteiger charge is -2.11. The number of benzene rings is 2. The fourth-order valence-electron chi connectivity index (χ4n) is 2.75. The van der Waals surface area contributed by atoms with E-state index in [0.717, 1.165) is 29.2 Å². The SMILES string of the molecule is CCN1C(=O)C(=Cc2ccccc2OCCCOc2ccc(OC)cc2)SC1=S. The molecule has 29 heavy (non-hydrogen) atoms. The van der Waals surface area contributed by atoms with Crippen LogP contribution in [0, 0.1) is 0 Å². The van der Waals surface area contributed by atoms with Crippen molar-refractivity contribution in [1.82, 2.24) is 4.90 Å². The summed E-state index contributed by atoms with van der Waals surface area (Å²) in [5.41, 5.74) is 0.861. The third kappa shape index (κ3) is 5.52. The molecule has 3 rings (SSSR count). The Labute approximate surface area is 180 Å². The fourth-order valence-corrected chi connectivity index (χ4v) is 4.12. The van der Waals surface area contributed by atoms with E-state index in [1.165, 1.54) is 11.8 Å². The lowest BCUT2D eigenvalue weighted by atomic mass is 10.2. The summed E-state index contributed by atoms with van der Waals surface area (Å²) in [5.74, 6) is 2.28. The number of para-hydroxylation sites is 1. The van der Waals surface area contributed by atoms with Crippen LogP contribution in [0.2, 0.25) is 0 Å². The quantitative estimate of drug-likeness (QED) is 0.325. The number of hydrogen-bond donors (Lipinski definition) is 0. The van der Waals surface area contributed by atoms with Gasteiger partial charge in [0.05, 0.1) is 25.2 Å². The van der Waals surface area contributed by atoms with Crippen molar-refractivity contribution < 1.29 is 19.0 Å². The van der Waals surface area contributed by atoms with Gasteiger partial charge in [0, 0.05) is 18.5 Å². The Morgan fingerprint density at radius 1 is 1.03 bits per heavy atom. The lowest BCUT2D eigenvalue weighted by molar-refractivity contribution is -0.121. The van der Waals surface area contributed by atoms with Crippen molar-refractivity contribution in [3.05, 3.63) is 59.0 Å². The number of carbonyl (C=O) groups excluding carboxylic acids is 1. The summed E-state index contributed by atoms with van der Waals surface area (Å²) in [4.78, 5) is 14.6. The number of nitrogens with zero attached hydrogens (tertiary/aromatic N) is 1. The molecule has 0 aromatic heterocycles. The monoisotopic (exact) mass is 429 g/mol. The van der Waals surface area contributed by atoms with Crippen LogP contribution in [0.15, 0.2) is 53.4 Å². The Balaban J connectivity index is 1.53. The molecule has 0 radical (unpaired) electrons. The van der Waals surface area contributed by atoms with Gasteiger partial charge in [-0.15, -0.1) is 0 Å². The van der Waals surface area contributed by atoms with Gasteiger partial charge in [-0.3, -0.25) is 9.69 Å². The molecule has 0 N–H and O–H groups in total. The second-order valence-electron chi connectivity index (χ2n) is 6.19. The van der Waals surface area contributed by atoms with E-state index in [0.29, 0.717) is 29.0 Å². The number of thioether (sulfide) groups is 1. The second kappa shape index (κ2) is 10.3. The van der Waals surface area contributed by atoms with Crippen LogP contribution in [0.3, 0.4) is 0 Å². The Hall–Kier alpha value is -2.51. The summed E-state index contributed by atoms with van der Waals surface area (Å²) in [6.07, 6.45) is 2.58. The van der Waals surface area contributed by atoms with Crippen molar-refractivity contribution in [1.29, 1.82) is 0 Å². The van der Waals surface area contributed by atoms with Crippen LogP contribution < -0.4 is 14.2 Å². The van der Waals surface area contributed by atoms with Gasteiger partial charge in [-0.1, -0.05) is 42.2 Å². The van der Waals surface area contributed by atoms with Gasteiger partial charge in [0.1, 0.15) is 21.6 Å². The van der Waals surface area contributed by atoms with Crippen LogP contribution in [0.25, 0.3) is 6.08 Å². The molecule has 5 nitrogen and oxygen atoms in total. The maximum absolute atomic E-state index is 12.4. The summed E-state index contributed by atoms with van der Waals surface area (Å²) in [6.45, 7) is 3.55. The van der Waals surface area contributed by atoms with Gasteiger partial charge >= 0.3 is 0 Å². The highest BCUT2D eigenvalue weighted by Gasteiger charge is 2.30. The van der Waals surface area contributed by atoms with E-state index in [1.54, 1.807) is 12.0 Å². The third-order valence-corrected chi connectivity index (χ3v) is 5.65. The number of likely N-dealkylation sites (N-methyl/N-ethyl adjacent to an activating group) is 1. The summed E-state index contributed by atoms with van der Waals surface area (Å²) in [6, 6.07) is 15.2. The third-order valence-electron chi connectivity index (χ3n) is 4.27. The van der Waals surface area contributed by atoms with Gasteiger partial charge in [-0.05, 0) is 43.3 Å². The van der Waals surface area contributed by atoms with E-state index in [9.17, 15) is 4.79 Å². The number of ether oxygens (including phenoxy) is 3. The highest BCUT2D eigenvalue weighted by molar-refractivity contribution is 8.26. The first-order valence-electron chi connectivity index (χ1n) is 9.36. The number of thiocarbonyl (C=S) groups is 1. The van der Waals surface area contributed by atoms with Crippen molar-refractivity contribution in [3.8, 4) is 17.2 Å². The average molecular weight is 430 g/mol. The normalized spacial score (nSPS) is 15.1. The van der Waals surface area contributed by atoms with Gasteiger partial charge in [-0.2, -0.15) is 0 Å². The Morgan fingerprint density at radius 2 is 1.72 bits per heavy atom. The molecule has 7 heteroatoms. The van der Waals surface area contributed by atoms with Gasteiger partial charge in [0.25, 0.3) is 5.91 Å². The predicted octanol–water partition coefficient (Wildman–Crippen LogP) is 4.76. The molecule has 0 aliphatic carbocycles. The zero-order chi connectivity index (χ0) is 20.6. The molecular formula is C22H23NO4S2. The molecule has 2 aromatic carbocycles. The van der Waals surface area contributed by atoms with Crippen LogP contribution in [-0.2, 0) is 4.79 Å². The van der Waals surface area contributed by atoms with Crippen LogP contribution >= 0.6 is 24.0 Å². The number of carbonyl (C=O) groups is 1. The van der Waals surface area contributed by atoms with E-state index < -0.39 is 0 Å². The highest BCUT2D eigenvalue weighted by Crippen LogP contribution is 2.34. The minimum absolute atomic E-state index is 0.0507. The summed E-state index contributed by atoms with van der Waals surface area (Å²) in [5, 5.41) is 0. The van der Waals surface area contributed by atoms with Crippen LogP contribution in [0.4, 0.5) is 0 Å². The molecule has 0 saturated carbocycles. The Bertz CT molecular complexity index is 896. The first-order valence-corrected chi connectivity index (χ1v) is 10.6. The molecule has 2 aromatic rings. The predicted molar refractivity (Wildman–Crippen MR) is 121 cm³/mol. The van der Waals surface area contributed by atoms with E-state index in [1.807, 2.05) is 61.5 Å². The highest BCUT2D eigenvalue weighted by atomic mass is 32.2. The molecule has 1 fully saturated rings. The summed E-state index contributed by atoms with van der Waals surface area (Å²) < 4.78 is 17.4. The summed E-state index contributed by atoms with van der Waals surface area (Å²) >= 11 is 6.60. The number of amides is 1. The van der Waals surface area contributed by atoms with Crippen molar-refractivity contribution in [2.24, 2.45) is 0 Å². The molecule has 1 aliphatic heterocycles. The zero-order valence-corrected chi connectivity index (χ0v) is 18.1. The van der Waals surface area contributed by atoms with Gasteiger partial charge in [-0.25, -0.2) is 0 Å². The molecule has 1 saturated heterocycles. The molecule has 0 atom stereocenters. The largest absolute Gasteiger partial charge is 0.497 e. The molecule has 0 bridgehead atoms. The van der Waals surface area contributed by atoms with Gasteiger partial charge < -0.3 is 14.2 Å². The fraction of sp³-hybridized carbons (Fsp3) is 0.273. The van der Waals surface area contributed by atoms with Crippen molar-refractivity contribution >= 4 is 40.3 Å². The molecule has 1 aliphatic rings. The van der Waals surface area contributed by atoms with E-state index in [-0.39, 0.29) is 5.91 Å². The molecule has 152 valence electrons. The number of rotatable bonds is 9. The summed E-state index contributed by atoms with van der Waals surface area (Å²) in [7, 11) is 1.64. The Morgan fingerprint density at radius 3 is 2.41 bits per heavy atom. The van der Waals surface area contributed by atoms with Crippen LogP contribution in [0.1, 0.15) is 18.9 Å². The minimum Gasteiger partial charge on any atom is -0.497 e. The van der Waals surface area contributed by atoms with Gasteiger partial charge in [0.15, 0.2) is 0 Å². The zero-order valence-electron chi connectivity index (χ0n) is 16.4. The molecule has 1 amide bonds. The second-order valence-corrected chi connectivity index (χ2v) is 7.87. The van der Waals surface area contributed by atoms with Crippen molar-refractivity contribution in [3.63, 3.8) is 0 Å². The average Bonchev–Trinajstić information content (AvgIpc) is 3.01. The minimum atomic E-state index is -0.0507. The molecular weight excluding hydrogens is 406 g/mol. The van der Waals surface area contributed by atoms with Crippen LogP contribution in [0.5, 0.6) is 17.2 Å². The maximum Gasteiger partial charge on any atom is 0.266 e. The number of hydrogen-bond acceptors (Lipinski definition) is 6. The van der Waals surface area contributed by atoms with Gasteiger partial charge in [0.2, 0.25) is 0 Å². The van der Waals surface area contributed by atoms with Crippen molar-refractivity contribution in [2.75, 3.05) is 26.9 Å². The lowest BCUT2D eigenvalue weighted by Crippen LogP contribution is -2.27. The molecule has 0 spiro atoms.